The number of non-ortho nitro benzene ring substituents is 1. The van der Waals surface area contributed by atoms with Crippen LogP contribution in [0.4, 0.5) is 5.69 Å². The highest BCUT2D eigenvalue weighted by molar-refractivity contribution is 7.88. The first-order valence-corrected chi connectivity index (χ1v) is 10.2. The zero-order valence-electron chi connectivity index (χ0n) is 13.9. The minimum absolute atomic E-state index is 0. The molecular formula is C20H19BrNO2P. The number of nitro groups is 1. The van der Waals surface area contributed by atoms with Crippen LogP contribution < -0.4 is 27.6 Å². The first kappa shape index (κ1) is 19.3. The average molecular weight is 416 g/mol. The zero-order chi connectivity index (χ0) is 17.0. The van der Waals surface area contributed by atoms with Crippen molar-refractivity contribution in [2.24, 2.45) is 0 Å². The molecule has 128 valence electrons. The number of rotatable bonds is 5. The summed E-state index contributed by atoms with van der Waals surface area (Å²) >= 11 is 0. The van der Waals surface area contributed by atoms with Gasteiger partial charge in [0.1, 0.15) is 0 Å². The van der Waals surface area contributed by atoms with E-state index in [2.05, 4.69) is 55.2 Å². The molecule has 0 aromatic heterocycles. The lowest BCUT2D eigenvalue weighted by Crippen LogP contribution is -3.00. The Morgan fingerprint density at radius 1 is 0.800 bits per heavy atom. The highest BCUT2D eigenvalue weighted by Crippen LogP contribution is 2.55. The number of benzene rings is 3. The van der Waals surface area contributed by atoms with Gasteiger partial charge in [-0.3, -0.25) is 10.1 Å². The molecule has 0 saturated carbocycles. The van der Waals surface area contributed by atoms with E-state index in [0.717, 1.165) is 11.7 Å². The van der Waals surface area contributed by atoms with Crippen molar-refractivity contribution < 1.29 is 21.9 Å². The maximum Gasteiger partial charge on any atom is 0.269 e. The molecule has 0 bridgehead atoms. The third-order valence-electron chi connectivity index (χ3n) is 4.30. The van der Waals surface area contributed by atoms with Gasteiger partial charge in [0, 0.05) is 12.1 Å². The first-order chi connectivity index (χ1) is 11.6. The average Bonchev–Trinajstić information content (AvgIpc) is 2.63. The molecule has 3 rings (SSSR count). The van der Waals surface area contributed by atoms with Gasteiger partial charge in [0.2, 0.25) is 0 Å². The summed E-state index contributed by atoms with van der Waals surface area (Å²) in [6.07, 6.45) is 0.888. The van der Waals surface area contributed by atoms with E-state index in [4.69, 9.17) is 0 Å². The van der Waals surface area contributed by atoms with Crippen molar-refractivity contribution in [2.75, 3.05) is 6.66 Å². The van der Waals surface area contributed by atoms with Crippen LogP contribution in [-0.2, 0) is 6.16 Å². The van der Waals surface area contributed by atoms with Crippen molar-refractivity contribution >= 4 is 23.6 Å². The third-order valence-corrected chi connectivity index (χ3v) is 8.17. The second-order valence-electron chi connectivity index (χ2n) is 5.94. The smallest absolute Gasteiger partial charge is 0.269 e. The number of halogens is 1. The van der Waals surface area contributed by atoms with Gasteiger partial charge in [0.05, 0.1) is 35.6 Å². The van der Waals surface area contributed by atoms with Crippen molar-refractivity contribution in [3.63, 3.8) is 0 Å². The summed E-state index contributed by atoms with van der Waals surface area (Å²) in [5.74, 6) is 0. The Hall–Kier alpha value is -2.03. The van der Waals surface area contributed by atoms with E-state index in [1.54, 1.807) is 12.1 Å². The maximum absolute atomic E-state index is 10.9. The van der Waals surface area contributed by atoms with Gasteiger partial charge in [0.25, 0.3) is 5.69 Å². The Morgan fingerprint density at radius 3 is 1.64 bits per heavy atom. The van der Waals surface area contributed by atoms with Crippen molar-refractivity contribution in [3.8, 4) is 0 Å². The second-order valence-corrected chi connectivity index (χ2v) is 9.68. The lowest BCUT2D eigenvalue weighted by molar-refractivity contribution is -0.384. The maximum atomic E-state index is 10.9. The van der Waals surface area contributed by atoms with Crippen LogP contribution in [0.25, 0.3) is 0 Å². The van der Waals surface area contributed by atoms with Crippen molar-refractivity contribution in [3.05, 3.63) is 101 Å². The van der Waals surface area contributed by atoms with Gasteiger partial charge in [-0.25, -0.2) is 0 Å². The largest absolute Gasteiger partial charge is 1.00 e. The van der Waals surface area contributed by atoms with Crippen LogP contribution in [0.3, 0.4) is 0 Å². The molecule has 0 unspecified atom stereocenters. The molecule has 0 aliphatic rings. The molecule has 25 heavy (non-hydrogen) atoms. The lowest BCUT2D eigenvalue weighted by Gasteiger charge is -2.23. The fourth-order valence-corrected chi connectivity index (χ4v) is 6.20. The van der Waals surface area contributed by atoms with Gasteiger partial charge in [-0.1, -0.05) is 36.4 Å². The number of hydrogen-bond acceptors (Lipinski definition) is 2. The summed E-state index contributed by atoms with van der Waals surface area (Å²) in [7, 11) is -1.60. The van der Waals surface area contributed by atoms with Crippen molar-refractivity contribution in [1.29, 1.82) is 0 Å². The fraction of sp³-hybridized carbons (Fsp3) is 0.100. The van der Waals surface area contributed by atoms with Crippen molar-refractivity contribution in [2.45, 2.75) is 6.16 Å². The highest BCUT2D eigenvalue weighted by Gasteiger charge is 2.37. The summed E-state index contributed by atoms with van der Waals surface area (Å²) in [4.78, 5) is 10.5. The molecular weight excluding hydrogens is 397 g/mol. The molecule has 0 radical (unpaired) electrons. The van der Waals surface area contributed by atoms with E-state index in [1.165, 1.54) is 10.6 Å². The predicted molar refractivity (Wildman–Crippen MR) is 102 cm³/mol. The molecule has 0 spiro atoms. The van der Waals surface area contributed by atoms with Gasteiger partial charge < -0.3 is 17.0 Å². The Bertz CT molecular complexity index is 784. The first-order valence-electron chi connectivity index (χ1n) is 7.80. The molecule has 5 heteroatoms. The molecule has 0 aliphatic heterocycles. The second kappa shape index (κ2) is 8.37. The lowest BCUT2D eigenvalue weighted by atomic mass is 10.2. The SMILES string of the molecule is C[P+](Cc1ccc([N+](=O)[O-])cc1)(c1ccccc1)c1ccccc1.[Br-]. The summed E-state index contributed by atoms with van der Waals surface area (Å²) in [6, 6.07) is 28.1. The van der Waals surface area contributed by atoms with Gasteiger partial charge in [0.15, 0.2) is 0 Å². The Kier molecular flexibility index (Phi) is 6.46. The third kappa shape index (κ3) is 4.33. The fourth-order valence-electron chi connectivity index (χ4n) is 2.93. The Morgan fingerprint density at radius 2 is 1.24 bits per heavy atom. The van der Waals surface area contributed by atoms with E-state index in [-0.39, 0.29) is 27.6 Å². The van der Waals surface area contributed by atoms with Gasteiger partial charge in [-0.2, -0.15) is 0 Å². The molecule has 0 N–H and O–H groups in total. The van der Waals surface area contributed by atoms with Crippen LogP contribution in [0, 0.1) is 10.1 Å². The van der Waals surface area contributed by atoms with Crippen LogP contribution in [0.5, 0.6) is 0 Å². The molecule has 3 aromatic rings. The summed E-state index contributed by atoms with van der Waals surface area (Å²) in [5, 5.41) is 13.5. The zero-order valence-corrected chi connectivity index (χ0v) is 16.4. The topological polar surface area (TPSA) is 43.1 Å². The Labute approximate surface area is 159 Å². The standard InChI is InChI=1S/C20H19NO2P.BrH/c1-24(19-8-4-2-5-9-19,20-10-6-3-7-11-20)16-17-12-14-18(15-13-17)21(22)23;/h2-15H,16H2,1H3;1H/q+1;/p-1. The summed E-state index contributed by atoms with van der Waals surface area (Å²) < 4.78 is 0. The Balaban J connectivity index is 0.00000225. The normalized spacial score (nSPS) is 10.8. The monoisotopic (exact) mass is 415 g/mol. The summed E-state index contributed by atoms with van der Waals surface area (Å²) in [5.41, 5.74) is 1.27. The molecule has 0 amide bonds. The predicted octanol–water partition coefficient (Wildman–Crippen LogP) is 1.40. The quantitative estimate of drug-likeness (QED) is 0.359. The van der Waals surface area contributed by atoms with E-state index in [0.29, 0.717) is 0 Å². The molecule has 0 aliphatic carbocycles. The van der Waals surface area contributed by atoms with Gasteiger partial charge in [-0.05, 0) is 42.0 Å². The van der Waals surface area contributed by atoms with Crippen LogP contribution in [0.1, 0.15) is 5.56 Å². The molecule has 3 aromatic carbocycles. The molecule has 3 nitrogen and oxygen atoms in total. The van der Waals surface area contributed by atoms with Crippen molar-refractivity contribution in [1.82, 2.24) is 0 Å². The number of nitrogens with zero attached hydrogens (tertiary/aromatic N) is 1. The minimum atomic E-state index is -1.60. The molecule has 0 fully saturated rings. The number of nitro benzene ring substituents is 1. The highest BCUT2D eigenvalue weighted by atomic mass is 79.9. The van der Waals surface area contributed by atoms with E-state index in [1.807, 2.05) is 24.3 Å². The molecule has 0 heterocycles. The van der Waals surface area contributed by atoms with Crippen LogP contribution in [0.15, 0.2) is 84.9 Å². The van der Waals surface area contributed by atoms with Gasteiger partial charge in [-0.15, -0.1) is 0 Å². The van der Waals surface area contributed by atoms with Crippen LogP contribution >= 0.6 is 7.26 Å². The molecule has 0 saturated heterocycles. The number of hydrogen-bond donors (Lipinski definition) is 0. The summed E-state index contributed by atoms with van der Waals surface area (Å²) in [6.45, 7) is 2.33. The molecule has 0 atom stereocenters. The van der Waals surface area contributed by atoms with Crippen LogP contribution in [0.2, 0.25) is 0 Å². The van der Waals surface area contributed by atoms with Gasteiger partial charge >= 0.3 is 0 Å². The van der Waals surface area contributed by atoms with E-state index < -0.39 is 7.26 Å². The van der Waals surface area contributed by atoms with E-state index in [9.17, 15) is 10.1 Å². The van der Waals surface area contributed by atoms with E-state index >= 15 is 0 Å². The minimum Gasteiger partial charge on any atom is -1.00 e. The van der Waals surface area contributed by atoms with Crippen LogP contribution in [-0.4, -0.2) is 11.6 Å².